The van der Waals surface area contributed by atoms with Gasteiger partial charge < -0.3 is 5.32 Å². The molecule has 0 aliphatic heterocycles. The van der Waals surface area contributed by atoms with Crippen LogP contribution in [0.25, 0.3) is 0 Å². The van der Waals surface area contributed by atoms with Crippen LogP contribution in [-0.2, 0) is 6.54 Å². The molecule has 1 N–H and O–H groups in total. The molecule has 0 saturated heterocycles. The number of aryl methyl sites for hydroxylation is 1. The van der Waals surface area contributed by atoms with E-state index in [0.717, 1.165) is 13.0 Å². The van der Waals surface area contributed by atoms with Gasteiger partial charge in [0.25, 0.3) is 0 Å². The Morgan fingerprint density at radius 1 is 1.71 bits per heavy atom. The monoisotopic (exact) mass is 215 g/mol. The Morgan fingerprint density at radius 3 is 3.00 bits per heavy atom. The molecule has 0 radical (unpaired) electrons. The van der Waals surface area contributed by atoms with Crippen molar-refractivity contribution in [2.75, 3.05) is 13.6 Å². The van der Waals surface area contributed by atoms with Gasteiger partial charge in [-0.05, 0) is 13.5 Å². The number of nitrogens with zero attached hydrogens (tertiary/aromatic N) is 2. The predicted molar refractivity (Wildman–Crippen MR) is 55.8 cm³/mol. The van der Waals surface area contributed by atoms with E-state index in [2.05, 4.69) is 10.4 Å². The van der Waals surface area contributed by atoms with Gasteiger partial charge in [0.2, 0.25) is 0 Å². The molecule has 5 heteroatoms. The maximum atomic E-state index is 11.6. The Kier molecular flexibility index (Phi) is 4.10. The number of aromatic nitrogens is 2. The maximum absolute atomic E-state index is 11.6. The lowest BCUT2D eigenvalue weighted by Crippen LogP contribution is -2.22. The van der Waals surface area contributed by atoms with Gasteiger partial charge in [-0.25, -0.2) is 0 Å². The SMILES string of the molecule is CCCn1ncc(Cl)c1C(=O)CNC. The third-order valence-corrected chi connectivity index (χ3v) is 2.11. The lowest BCUT2D eigenvalue weighted by Gasteiger charge is -2.04. The van der Waals surface area contributed by atoms with Crippen molar-refractivity contribution < 1.29 is 4.79 Å². The van der Waals surface area contributed by atoms with Gasteiger partial charge in [-0.1, -0.05) is 18.5 Å². The van der Waals surface area contributed by atoms with Crippen molar-refractivity contribution in [3.8, 4) is 0 Å². The fraction of sp³-hybridized carbons (Fsp3) is 0.556. The van der Waals surface area contributed by atoms with Gasteiger partial charge in [0.15, 0.2) is 5.78 Å². The first-order chi connectivity index (χ1) is 6.70. The van der Waals surface area contributed by atoms with Crippen LogP contribution in [0.3, 0.4) is 0 Å². The Balaban J connectivity index is 2.92. The van der Waals surface area contributed by atoms with Gasteiger partial charge in [-0.3, -0.25) is 9.48 Å². The van der Waals surface area contributed by atoms with Crippen molar-refractivity contribution in [2.24, 2.45) is 0 Å². The summed E-state index contributed by atoms with van der Waals surface area (Å²) in [6.07, 6.45) is 2.44. The van der Waals surface area contributed by atoms with Crippen molar-refractivity contribution in [2.45, 2.75) is 19.9 Å². The van der Waals surface area contributed by atoms with Crippen LogP contribution in [0.2, 0.25) is 5.02 Å². The average Bonchev–Trinajstić information content (AvgIpc) is 2.48. The van der Waals surface area contributed by atoms with Gasteiger partial charge in [-0.2, -0.15) is 5.10 Å². The fourth-order valence-electron chi connectivity index (χ4n) is 1.27. The molecular weight excluding hydrogens is 202 g/mol. The summed E-state index contributed by atoms with van der Waals surface area (Å²) in [7, 11) is 1.73. The van der Waals surface area contributed by atoms with E-state index in [-0.39, 0.29) is 12.3 Å². The van der Waals surface area contributed by atoms with Crippen molar-refractivity contribution in [1.29, 1.82) is 0 Å². The molecule has 0 fully saturated rings. The maximum Gasteiger partial charge on any atom is 0.196 e. The molecule has 0 saturated carbocycles. The van der Waals surface area contributed by atoms with E-state index in [4.69, 9.17) is 11.6 Å². The van der Waals surface area contributed by atoms with Crippen molar-refractivity contribution in [1.82, 2.24) is 15.1 Å². The van der Waals surface area contributed by atoms with Crippen LogP contribution in [0.1, 0.15) is 23.8 Å². The van der Waals surface area contributed by atoms with Crippen molar-refractivity contribution in [3.63, 3.8) is 0 Å². The summed E-state index contributed by atoms with van der Waals surface area (Å²) >= 11 is 5.88. The Labute approximate surface area is 88.2 Å². The Morgan fingerprint density at radius 2 is 2.43 bits per heavy atom. The lowest BCUT2D eigenvalue weighted by atomic mass is 10.3. The average molecular weight is 216 g/mol. The molecule has 0 aromatic carbocycles. The van der Waals surface area contributed by atoms with Crippen molar-refractivity contribution in [3.05, 3.63) is 16.9 Å². The molecule has 0 atom stereocenters. The first-order valence-electron chi connectivity index (χ1n) is 4.59. The summed E-state index contributed by atoms with van der Waals surface area (Å²) in [5.74, 6) is -0.0246. The highest BCUT2D eigenvalue weighted by Crippen LogP contribution is 2.15. The zero-order valence-electron chi connectivity index (χ0n) is 8.38. The second-order valence-corrected chi connectivity index (χ2v) is 3.42. The molecule has 0 aliphatic rings. The summed E-state index contributed by atoms with van der Waals surface area (Å²) in [4.78, 5) is 11.6. The molecule has 0 amide bonds. The normalized spacial score (nSPS) is 10.5. The predicted octanol–water partition coefficient (Wildman–Crippen LogP) is 1.35. The molecule has 0 aliphatic carbocycles. The number of nitrogens with one attached hydrogen (secondary N) is 1. The van der Waals surface area contributed by atoms with Crippen molar-refractivity contribution >= 4 is 17.4 Å². The Bertz CT molecular complexity index is 322. The van der Waals surface area contributed by atoms with Crippen LogP contribution in [0.5, 0.6) is 0 Å². The van der Waals surface area contributed by atoms with E-state index in [1.165, 1.54) is 6.20 Å². The largest absolute Gasteiger partial charge is 0.313 e. The van der Waals surface area contributed by atoms with Gasteiger partial charge >= 0.3 is 0 Å². The van der Waals surface area contributed by atoms with E-state index in [1.54, 1.807) is 11.7 Å². The van der Waals surface area contributed by atoms with Crippen LogP contribution >= 0.6 is 11.6 Å². The number of carbonyl (C=O) groups excluding carboxylic acids is 1. The smallest absolute Gasteiger partial charge is 0.196 e. The summed E-state index contributed by atoms with van der Waals surface area (Å²) < 4.78 is 1.65. The molecule has 4 nitrogen and oxygen atoms in total. The number of likely N-dealkylation sites (N-methyl/N-ethyl adjacent to an activating group) is 1. The summed E-state index contributed by atoms with van der Waals surface area (Å²) in [6.45, 7) is 3.04. The van der Waals surface area contributed by atoms with E-state index in [0.29, 0.717) is 10.7 Å². The molecule has 1 aromatic heterocycles. The summed E-state index contributed by atoms with van der Waals surface area (Å²) in [6, 6.07) is 0. The van der Waals surface area contributed by atoms with E-state index in [9.17, 15) is 4.79 Å². The highest BCUT2D eigenvalue weighted by Gasteiger charge is 2.15. The summed E-state index contributed by atoms with van der Waals surface area (Å²) in [5, 5.41) is 7.28. The van der Waals surface area contributed by atoms with Crippen LogP contribution in [0.15, 0.2) is 6.20 Å². The lowest BCUT2D eigenvalue weighted by molar-refractivity contribution is 0.0983. The molecule has 0 spiro atoms. The summed E-state index contributed by atoms with van der Waals surface area (Å²) in [5.41, 5.74) is 0.503. The molecule has 1 aromatic rings. The number of carbonyl (C=O) groups is 1. The quantitative estimate of drug-likeness (QED) is 0.755. The minimum absolute atomic E-state index is 0.0246. The van der Waals surface area contributed by atoms with E-state index in [1.807, 2.05) is 6.92 Å². The highest BCUT2D eigenvalue weighted by atomic mass is 35.5. The molecule has 14 heavy (non-hydrogen) atoms. The zero-order valence-corrected chi connectivity index (χ0v) is 9.14. The number of halogens is 1. The molecule has 1 rings (SSSR count). The van der Waals surface area contributed by atoms with Gasteiger partial charge in [-0.15, -0.1) is 0 Å². The Hall–Kier alpha value is -0.870. The molecule has 0 unspecified atom stereocenters. The van der Waals surface area contributed by atoms with Crippen LogP contribution in [0, 0.1) is 0 Å². The first kappa shape index (κ1) is 11.2. The fourth-order valence-corrected chi connectivity index (χ4v) is 1.51. The van der Waals surface area contributed by atoms with Crippen LogP contribution in [0.4, 0.5) is 0 Å². The number of hydrogen-bond acceptors (Lipinski definition) is 3. The minimum atomic E-state index is -0.0246. The number of ketones is 1. The van der Waals surface area contributed by atoms with Gasteiger partial charge in [0.05, 0.1) is 17.8 Å². The van der Waals surface area contributed by atoms with Crippen LogP contribution in [-0.4, -0.2) is 29.2 Å². The van der Waals surface area contributed by atoms with E-state index >= 15 is 0 Å². The minimum Gasteiger partial charge on any atom is -0.313 e. The second kappa shape index (κ2) is 5.12. The van der Waals surface area contributed by atoms with Gasteiger partial charge in [0, 0.05) is 6.54 Å². The number of hydrogen-bond donors (Lipinski definition) is 1. The molecule has 78 valence electrons. The third kappa shape index (κ3) is 2.33. The first-order valence-corrected chi connectivity index (χ1v) is 4.97. The second-order valence-electron chi connectivity index (χ2n) is 3.02. The topological polar surface area (TPSA) is 46.9 Å². The molecule has 1 heterocycles. The van der Waals surface area contributed by atoms with E-state index < -0.39 is 0 Å². The molecular formula is C9H14ClN3O. The molecule has 0 bridgehead atoms. The number of Topliss-reactive ketones (excluding diaryl/α,β-unsaturated/α-hetero) is 1. The standard InChI is InChI=1S/C9H14ClN3O/c1-3-4-13-9(7(10)5-12-13)8(14)6-11-2/h5,11H,3-4,6H2,1-2H3. The zero-order chi connectivity index (χ0) is 10.6. The third-order valence-electron chi connectivity index (χ3n) is 1.83. The van der Waals surface area contributed by atoms with Gasteiger partial charge in [0.1, 0.15) is 5.69 Å². The number of rotatable bonds is 5. The van der Waals surface area contributed by atoms with Crippen LogP contribution < -0.4 is 5.32 Å². The highest BCUT2D eigenvalue weighted by molar-refractivity contribution is 6.33.